The molecule has 98 valence electrons. The Morgan fingerprint density at radius 2 is 1.78 bits per heavy atom. The predicted molar refractivity (Wildman–Crippen MR) is 74.3 cm³/mol. The van der Waals surface area contributed by atoms with Gasteiger partial charge in [-0.2, -0.15) is 0 Å². The molecule has 1 atom stereocenters. The van der Waals surface area contributed by atoms with Crippen LogP contribution in [0.25, 0.3) is 0 Å². The van der Waals surface area contributed by atoms with Gasteiger partial charge in [0.15, 0.2) is 0 Å². The van der Waals surface area contributed by atoms with Crippen molar-refractivity contribution in [3.8, 4) is 0 Å². The molecular formula is C16H23NO. The molecule has 0 bridgehead atoms. The van der Waals surface area contributed by atoms with E-state index in [0.717, 1.165) is 12.8 Å². The van der Waals surface area contributed by atoms with Crippen molar-refractivity contribution in [3.63, 3.8) is 0 Å². The number of nitrogens with zero attached hydrogens (tertiary/aromatic N) is 1. The van der Waals surface area contributed by atoms with E-state index in [1.807, 2.05) is 11.9 Å². The number of aryl methyl sites for hydroxylation is 1. The Hall–Kier alpha value is -1.31. The second-order valence-corrected chi connectivity index (χ2v) is 5.52. The first-order valence-corrected chi connectivity index (χ1v) is 6.93. The van der Waals surface area contributed by atoms with Gasteiger partial charge >= 0.3 is 0 Å². The van der Waals surface area contributed by atoms with Crippen molar-refractivity contribution in [1.29, 1.82) is 0 Å². The molecule has 1 aliphatic carbocycles. The lowest BCUT2D eigenvalue weighted by Crippen LogP contribution is -2.34. The molecule has 1 saturated carbocycles. The Bertz CT molecular complexity index is 404. The fraction of sp³-hybridized carbons (Fsp3) is 0.562. The molecule has 2 nitrogen and oxygen atoms in total. The highest BCUT2D eigenvalue weighted by molar-refractivity contribution is 5.79. The molecule has 1 aliphatic rings. The van der Waals surface area contributed by atoms with Gasteiger partial charge in [0.25, 0.3) is 0 Å². The summed E-state index contributed by atoms with van der Waals surface area (Å²) in [5.41, 5.74) is 2.48. The maximum absolute atomic E-state index is 12.4. The molecular weight excluding hydrogens is 222 g/mol. The molecule has 1 amide bonds. The van der Waals surface area contributed by atoms with Crippen LogP contribution in [-0.2, 0) is 4.79 Å². The molecule has 18 heavy (non-hydrogen) atoms. The van der Waals surface area contributed by atoms with Crippen LogP contribution in [0, 0.1) is 12.8 Å². The second kappa shape index (κ2) is 5.55. The molecule has 0 aliphatic heterocycles. The van der Waals surface area contributed by atoms with Crippen molar-refractivity contribution < 1.29 is 4.79 Å². The Morgan fingerprint density at radius 3 is 2.33 bits per heavy atom. The van der Waals surface area contributed by atoms with Gasteiger partial charge < -0.3 is 4.90 Å². The minimum atomic E-state index is 0.165. The highest BCUT2D eigenvalue weighted by atomic mass is 16.2. The van der Waals surface area contributed by atoms with E-state index in [1.165, 1.54) is 24.0 Å². The van der Waals surface area contributed by atoms with Crippen molar-refractivity contribution in [2.24, 2.45) is 5.92 Å². The van der Waals surface area contributed by atoms with Gasteiger partial charge in [0.1, 0.15) is 0 Å². The minimum absolute atomic E-state index is 0.165. The van der Waals surface area contributed by atoms with E-state index in [0.29, 0.717) is 5.91 Å². The van der Waals surface area contributed by atoms with Gasteiger partial charge in [-0.15, -0.1) is 0 Å². The third kappa shape index (κ3) is 2.74. The Balaban J connectivity index is 2.05. The zero-order valence-electron chi connectivity index (χ0n) is 11.6. The molecule has 0 heterocycles. The number of amides is 1. The van der Waals surface area contributed by atoms with Gasteiger partial charge in [-0.3, -0.25) is 4.79 Å². The van der Waals surface area contributed by atoms with E-state index in [2.05, 4.69) is 38.1 Å². The summed E-state index contributed by atoms with van der Waals surface area (Å²) in [4.78, 5) is 14.3. The first-order chi connectivity index (χ1) is 8.59. The van der Waals surface area contributed by atoms with Gasteiger partial charge in [0, 0.05) is 13.0 Å². The predicted octanol–water partition coefficient (Wildman–Crippen LogP) is 3.70. The van der Waals surface area contributed by atoms with Crippen molar-refractivity contribution in [3.05, 3.63) is 35.4 Å². The second-order valence-electron chi connectivity index (χ2n) is 5.52. The Labute approximate surface area is 110 Å². The number of carbonyl (C=O) groups is 1. The average Bonchev–Trinajstić information content (AvgIpc) is 2.91. The Kier molecular flexibility index (Phi) is 4.05. The lowest BCUT2D eigenvalue weighted by Gasteiger charge is -2.28. The highest BCUT2D eigenvalue weighted by Gasteiger charge is 2.27. The van der Waals surface area contributed by atoms with Crippen LogP contribution < -0.4 is 0 Å². The van der Waals surface area contributed by atoms with E-state index in [9.17, 15) is 4.79 Å². The largest absolute Gasteiger partial charge is 0.339 e. The van der Waals surface area contributed by atoms with Crippen molar-refractivity contribution in [2.45, 2.75) is 45.6 Å². The molecule has 2 rings (SSSR count). The SMILES string of the molecule is Cc1ccc(C(C)N(C)C(=O)C2CCCC2)cc1. The summed E-state index contributed by atoms with van der Waals surface area (Å²) in [7, 11) is 1.94. The Morgan fingerprint density at radius 1 is 1.22 bits per heavy atom. The van der Waals surface area contributed by atoms with Crippen LogP contribution in [0.2, 0.25) is 0 Å². The molecule has 1 unspecified atom stereocenters. The fourth-order valence-electron chi connectivity index (χ4n) is 2.72. The summed E-state index contributed by atoms with van der Waals surface area (Å²) in [5, 5.41) is 0. The van der Waals surface area contributed by atoms with Crippen LogP contribution >= 0.6 is 0 Å². The molecule has 0 saturated heterocycles. The van der Waals surface area contributed by atoms with E-state index >= 15 is 0 Å². The van der Waals surface area contributed by atoms with Gasteiger partial charge in [-0.05, 0) is 32.3 Å². The minimum Gasteiger partial charge on any atom is -0.339 e. The molecule has 0 N–H and O–H groups in total. The van der Waals surface area contributed by atoms with Crippen LogP contribution in [0.5, 0.6) is 0 Å². The molecule has 0 spiro atoms. The summed E-state index contributed by atoms with van der Waals surface area (Å²) >= 11 is 0. The maximum atomic E-state index is 12.4. The van der Waals surface area contributed by atoms with E-state index in [1.54, 1.807) is 0 Å². The molecule has 1 aromatic carbocycles. The normalized spacial score (nSPS) is 17.7. The summed E-state index contributed by atoms with van der Waals surface area (Å²) in [6.45, 7) is 4.19. The lowest BCUT2D eigenvalue weighted by molar-refractivity contribution is -0.135. The summed E-state index contributed by atoms with van der Waals surface area (Å²) in [6, 6.07) is 8.63. The van der Waals surface area contributed by atoms with Crippen LogP contribution in [0.1, 0.15) is 49.8 Å². The lowest BCUT2D eigenvalue weighted by atomic mass is 10.0. The van der Waals surface area contributed by atoms with E-state index < -0.39 is 0 Å². The summed E-state index contributed by atoms with van der Waals surface area (Å²) in [6.07, 6.45) is 4.57. The van der Waals surface area contributed by atoms with Crippen molar-refractivity contribution in [2.75, 3.05) is 7.05 Å². The van der Waals surface area contributed by atoms with Crippen molar-refractivity contribution in [1.82, 2.24) is 4.90 Å². The zero-order chi connectivity index (χ0) is 13.1. The quantitative estimate of drug-likeness (QED) is 0.795. The third-order valence-corrected chi connectivity index (χ3v) is 4.19. The number of rotatable bonds is 3. The zero-order valence-corrected chi connectivity index (χ0v) is 11.6. The molecule has 1 aromatic rings. The number of hydrogen-bond acceptors (Lipinski definition) is 1. The van der Waals surface area contributed by atoms with Crippen LogP contribution in [0.15, 0.2) is 24.3 Å². The molecule has 0 radical (unpaired) electrons. The van der Waals surface area contributed by atoms with Gasteiger partial charge in [0.05, 0.1) is 6.04 Å². The monoisotopic (exact) mass is 245 g/mol. The molecule has 1 fully saturated rings. The van der Waals surface area contributed by atoms with Crippen LogP contribution in [0.4, 0.5) is 0 Å². The highest BCUT2D eigenvalue weighted by Crippen LogP contribution is 2.29. The topological polar surface area (TPSA) is 20.3 Å². The first-order valence-electron chi connectivity index (χ1n) is 6.93. The van der Waals surface area contributed by atoms with Crippen molar-refractivity contribution >= 4 is 5.91 Å². The van der Waals surface area contributed by atoms with Gasteiger partial charge in [-0.25, -0.2) is 0 Å². The van der Waals surface area contributed by atoms with E-state index in [-0.39, 0.29) is 12.0 Å². The third-order valence-electron chi connectivity index (χ3n) is 4.19. The number of benzene rings is 1. The first kappa shape index (κ1) is 13.1. The summed E-state index contributed by atoms with van der Waals surface area (Å²) < 4.78 is 0. The number of carbonyl (C=O) groups excluding carboxylic acids is 1. The molecule has 0 aromatic heterocycles. The maximum Gasteiger partial charge on any atom is 0.225 e. The molecule has 2 heteroatoms. The average molecular weight is 245 g/mol. The standard InChI is InChI=1S/C16H23NO/c1-12-8-10-14(11-9-12)13(2)17(3)16(18)15-6-4-5-7-15/h8-11,13,15H,4-7H2,1-3H3. The fourth-order valence-corrected chi connectivity index (χ4v) is 2.72. The summed E-state index contributed by atoms with van der Waals surface area (Å²) in [5.74, 6) is 0.587. The smallest absolute Gasteiger partial charge is 0.225 e. The van der Waals surface area contributed by atoms with Crippen LogP contribution in [0.3, 0.4) is 0 Å². The number of hydrogen-bond donors (Lipinski definition) is 0. The van der Waals surface area contributed by atoms with Gasteiger partial charge in [0.2, 0.25) is 5.91 Å². The van der Waals surface area contributed by atoms with Gasteiger partial charge in [-0.1, -0.05) is 42.7 Å². The van der Waals surface area contributed by atoms with E-state index in [4.69, 9.17) is 0 Å². The van der Waals surface area contributed by atoms with Crippen LogP contribution in [-0.4, -0.2) is 17.9 Å².